The third kappa shape index (κ3) is 40.2. The van der Waals surface area contributed by atoms with E-state index >= 15 is 0 Å². The van der Waals surface area contributed by atoms with Crippen molar-refractivity contribution in [1.29, 1.82) is 0 Å². The molecule has 0 aliphatic heterocycles. The number of ether oxygens (including phenoxy) is 6. The number of aliphatic carboxylic acids is 1. The topological polar surface area (TPSA) is 343 Å². The Bertz CT molecular complexity index is 2620. The molecule has 0 aliphatic carbocycles. The van der Waals surface area contributed by atoms with Crippen LogP contribution in [-0.2, 0) is 90.8 Å². The van der Waals surface area contributed by atoms with Gasteiger partial charge in [0.15, 0.2) is 0 Å². The SMILES string of the molecule is CCC[C@H](C)NC(=O)N[C@@H](CCC(=O)NCCCCCCCC(=O)N[C@@H](Cc1ccccc1)C(=O)N[C@@H](Cc1ccccc1)C(=O)NCCOCCNC(=O)CCOCCOCCOCCOCCOCCC(=O)Nc1ccc(CCC(=O)CC(C)=O)cc1)C(=O)O. The summed E-state index contributed by atoms with van der Waals surface area (Å²) in [6, 6.07) is 21.9. The van der Waals surface area contributed by atoms with E-state index in [2.05, 4.69) is 42.5 Å². The van der Waals surface area contributed by atoms with Crippen LogP contribution in [0.3, 0.4) is 0 Å². The monoisotopic (exact) mass is 1290 g/mol. The summed E-state index contributed by atoms with van der Waals surface area (Å²) in [5.74, 6) is -3.40. The molecule has 9 N–H and O–H groups in total. The van der Waals surface area contributed by atoms with Crippen LogP contribution >= 0.6 is 0 Å². The number of carbonyl (C=O) groups excluding carboxylic acids is 9. The van der Waals surface area contributed by atoms with E-state index in [0.717, 1.165) is 48.8 Å². The van der Waals surface area contributed by atoms with Crippen LogP contribution in [-0.4, -0.2) is 187 Å². The number of urea groups is 1. The Labute approximate surface area is 541 Å². The van der Waals surface area contributed by atoms with Gasteiger partial charge >= 0.3 is 12.0 Å². The van der Waals surface area contributed by atoms with Crippen LogP contribution in [0.25, 0.3) is 0 Å². The van der Waals surface area contributed by atoms with Gasteiger partial charge in [-0.05, 0) is 74.8 Å². The normalized spacial score (nSPS) is 12.3. The lowest BCUT2D eigenvalue weighted by molar-refractivity contribution is -0.139. The van der Waals surface area contributed by atoms with E-state index in [1.165, 1.54) is 6.92 Å². The third-order valence-corrected chi connectivity index (χ3v) is 14.0. The summed E-state index contributed by atoms with van der Waals surface area (Å²) in [5, 5.41) is 31.7. The third-order valence-electron chi connectivity index (χ3n) is 14.0. The fraction of sp³-hybridized carbons (Fsp3) is 0.582. The number of amides is 8. The van der Waals surface area contributed by atoms with Gasteiger partial charge in [0.2, 0.25) is 35.4 Å². The van der Waals surface area contributed by atoms with Gasteiger partial charge in [-0.2, -0.15) is 0 Å². The molecule has 25 heteroatoms. The summed E-state index contributed by atoms with van der Waals surface area (Å²) < 4.78 is 33.2. The molecule has 0 fully saturated rings. The number of hydrogen-bond acceptors (Lipinski definition) is 16. The Hall–Kier alpha value is -7.68. The van der Waals surface area contributed by atoms with Gasteiger partial charge in [-0.15, -0.1) is 0 Å². The van der Waals surface area contributed by atoms with Crippen LogP contribution in [0, 0.1) is 0 Å². The highest BCUT2D eigenvalue weighted by atomic mass is 16.6. The Morgan fingerprint density at radius 2 is 0.935 bits per heavy atom. The van der Waals surface area contributed by atoms with Gasteiger partial charge < -0.3 is 76.1 Å². The summed E-state index contributed by atoms with van der Waals surface area (Å²) >= 11 is 0. The van der Waals surface area contributed by atoms with Crippen molar-refractivity contribution < 1.29 is 81.5 Å². The molecule has 0 heterocycles. The molecule has 0 saturated carbocycles. The second-order valence-corrected chi connectivity index (χ2v) is 22.1. The van der Waals surface area contributed by atoms with E-state index in [1.54, 1.807) is 12.1 Å². The van der Waals surface area contributed by atoms with Crippen LogP contribution in [0.1, 0.15) is 127 Å². The van der Waals surface area contributed by atoms with Crippen LogP contribution in [0.2, 0.25) is 0 Å². The summed E-state index contributed by atoms with van der Waals surface area (Å²) in [7, 11) is 0. The molecule has 0 spiro atoms. The molecule has 0 saturated heterocycles. The van der Waals surface area contributed by atoms with Crippen molar-refractivity contribution in [3.63, 3.8) is 0 Å². The zero-order valence-electron chi connectivity index (χ0n) is 54.0. The van der Waals surface area contributed by atoms with Crippen LogP contribution < -0.4 is 42.5 Å². The summed E-state index contributed by atoms with van der Waals surface area (Å²) in [4.78, 5) is 125. The van der Waals surface area contributed by atoms with Gasteiger partial charge in [0.25, 0.3) is 0 Å². The molecule has 25 nitrogen and oxygen atoms in total. The maximum absolute atomic E-state index is 14.0. The standard InChI is InChI=1S/C67H100N8O17/c1-4-16-50(2)71-67(86)75-57(66(84)85)28-29-60(78)68-32-15-7-5-6-14-21-62(80)73-59(49-54-19-12-9-13-20-54)65(83)74-58(48-53-17-10-8-11-18-53)64(82)70-34-38-89-37-33-69-61(79)30-35-87-39-41-90-43-45-92-46-44-91-42-40-88-36-31-63(81)72-55-25-22-52(23-26-55)24-27-56(77)47-51(3)76/h8-13,17-20,22-23,25-26,50,57-59H,4-7,14-16,21,24,27-49H2,1-3H3,(H,68,78)(H,69,79)(H,70,82)(H,72,81)(H,73,80)(H,74,83)(H,84,85)(H2,71,75,86)/t50-,57-,58-,59-/m0/s1. The predicted molar refractivity (Wildman–Crippen MR) is 345 cm³/mol. The molecule has 510 valence electrons. The number of hydrogen-bond donors (Lipinski definition) is 9. The van der Waals surface area contributed by atoms with E-state index in [9.17, 15) is 53.1 Å². The van der Waals surface area contributed by atoms with Crippen molar-refractivity contribution in [2.75, 3.05) is 104 Å². The fourth-order valence-electron chi connectivity index (χ4n) is 9.14. The first-order chi connectivity index (χ1) is 44.5. The molecule has 3 aromatic carbocycles. The highest BCUT2D eigenvalue weighted by Gasteiger charge is 2.28. The Morgan fingerprint density at radius 3 is 1.50 bits per heavy atom. The van der Waals surface area contributed by atoms with Gasteiger partial charge in [0.1, 0.15) is 29.7 Å². The van der Waals surface area contributed by atoms with E-state index in [0.29, 0.717) is 90.8 Å². The number of nitrogens with one attached hydrogen (secondary N) is 8. The van der Waals surface area contributed by atoms with Crippen molar-refractivity contribution >= 4 is 64.7 Å². The van der Waals surface area contributed by atoms with Crippen LogP contribution in [0.4, 0.5) is 10.5 Å². The second-order valence-electron chi connectivity index (χ2n) is 22.1. The molecule has 3 aromatic rings. The van der Waals surface area contributed by atoms with Gasteiger partial charge in [-0.1, -0.05) is 105 Å². The molecule has 0 radical (unpaired) electrons. The summed E-state index contributed by atoms with van der Waals surface area (Å²) in [5.41, 5.74) is 3.23. The predicted octanol–water partition coefficient (Wildman–Crippen LogP) is 4.85. The lowest BCUT2D eigenvalue weighted by Gasteiger charge is -2.24. The molecule has 4 atom stereocenters. The maximum atomic E-state index is 14.0. The number of aryl methyl sites for hydroxylation is 1. The molecular formula is C67H100N8O17. The molecule has 0 aromatic heterocycles. The lowest BCUT2D eigenvalue weighted by atomic mass is 10.0. The summed E-state index contributed by atoms with van der Waals surface area (Å²) in [6.07, 6.45) is 6.78. The number of benzene rings is 3. The molecule has 92 heavy (non-hydrogen) atoms. The molecule has 0 unspecified atom stereocenters. The number of unbranched alkanes of at least 4 members (excludes halogenated alkanes) is 4. The molecule has 8 amide bonds. The molecular weight excluding hydrogens is 1190 g/mol. The lowest BCUT2D eigenvalue weighted by Crippen LogP contribution is -2.55. The Balaban J connectivity index is 1.21. The Kier molecular flexibility index (Phi) is 42.7. The smallest absolute Gasteiger partial charge is 0.326 e. The minimum absolute atomic E-state index is 0.0444. The average Bonchev–Trinajstić information content (AvgIpc) is 1.90. The van der Waals surface area contributed by atoms with Crippen molar-refractivity contribution in [3.05, 3.63) is 102 Å². The number of ketones is 2. The van der Waals surface area contributed by atoms with Crippen molar-refractivity contribution in [1.82, 2.24) is 37.2 Å². The maximum Gasteiger partial charge on any atom is 0.326 e. The first-order valence-electron chi connectivity index (χ1n) is 32.2. The molecule has 3 rings (SSSR count). The first kappa shape index (κ1) is 78.6. The zero-order valence-corrected chi connectivity index (χ0v) is 54.0. The van der Waals surface area contributed by atoms with E-state index < -0.39 is 41.9 Å². The van der Waals surface area contributed by atoms with Gasteiger partial charge in [-0.25, -0.2) is 9.59 Å². The number of rotatable bonds is 54. The minimum atomic E-state index is -1.22. The number of carbonyl (C=O) groups is 10. The zero-order chi connectivity index (χ0) is 66.8. The van der Waals surface area contributed by atoms with Crippen molar-refractivity contribution in [2.24, 2.45) is 0 Å². The molecule has 0 aliphatic rings. The quantitative estimate of drug-likeness (QED) is 0.0269. The highest BCUT2D eigenvalue weighted by molar-refractivity contribution is 5.98. The van der Waals surface area contributed by atoms with E-state index in [1.807, 2.05) is 86.6 Å². The second kappa shape index (κ2) is 49.9. The molecule has 0 bridgehead atoms. The van der Waals surface area contributed by atoms with Crippen LogP contribution in [0.5, 0.6) is 0 Å². The fourth-order valence-corrected chi connectivity index (χ4v) is 9.14. The van der Waals surface area contributed by atoms with Gasteiger partial charge in [0.05, 0.1) is 92.1 Å². The number of carboxylic acids is 1. The van der Waals surface area contributed by atoms with E-state index in [-0.39, 0.29) is 132 Å². The van der Waals surface area contributed by atoms with Gasteiger partial charge in [-0.3, -0.25) is 38.4 Å². The van der Waals surface area contributed by atoms with E-state index in [4.69, 9.17) is 28.4 Å². The number of anilines is 1. The largest absolute Gasteiger partial charge is 0.480 e. The number of Topliss-reactive ketones (excluding diaryl/α,β-unsaturated/α-hetero) is 2. The van der Waals surface area contributed by atoms with Crippen molar-refractivity contribution in [3.8, 4) is 0 Å². The van der Waals surface area contributed by atoms with Crippen molar-refractivity contribution in [2.45, 2.75) is 154 Å². The number of carboxylic acid groups (broad SMARTS) is 1. The minimum Gasteiger partial charge on any atom is -0.480 e. The Morgan fingerprint density at radius 1 is 0.435 bits per heavy atom. The average molecular weight is 1290 g/mol. The first-order valence-corrected chi connectivity index (χ1v) is 32.2. The highest BCUT2D eigenvalue weighted by Crippen LogP contribution is 2.14. The van der Waals surface area contributed by atoms with Crippen LogP contribution in [0.15, 0.2) is 84.9 Å². The summed E-state index contributed by atoms with van der Waals surface area (Å²) in [6.45, 7) is 9.59. The van der Waals surface area contributed by atoms with Gasteiger partial charge in [0, 0.05) is 69.9 Å².